The lowest BCUT2D eigenvalue weighted by Gasteiger charge is -2.42. The summed E-state index contributed by atoms with van der Waals surface area (Å²) in [4.78, 5) is 34.1. The third kappa shape index (κ3) is 13.9. The summed E-state index contributed by atoms with van der Waals surface area (Å²) in [6.07, 6.45) is -5.04. The lowest BCUT2D eigenvalue weighted by molar-refractivity contribution is -0.270. The van der Waals surface area contributed by atoms with Crippen molar-refractivity contribution in [2.24, 2.45) is 5.92 Å². The predicted molar refractivity (Wildman–Crippen MR) is 187 cm³/mol. The van der Waals surface area contributed by atoms with E-state index in [1.807, 2.05) is 30.3 Å². The van der Waals surface area contributed by atoms with Gasteiger partial charge in [0.05, 0.1) is 6.61 Å². The monoisotopic (exact) mass is 763 g/mol. The third-order valence-corrected chi connectivity index (χ3v) is 9.95. The normalized spacial score (nSPS) is 29.0. The van der Waals surface area contributed by atoms with Crippen LogP contribution >= 0.6 is 18.9 Å². The van der Waals surface area contributed by atoms with Gasteiger partial charge in [0.15, 0.2) is 11.4 Å². The van der Waals surface area contributed by atoms with Crippen LogP contribution in [0.4, 0.5) is 4.79 Å². The van der Waals surface area contributed by atoms with Crippen molar-refractivity contribution in [1.82, 2.24) is 16.0 Å². The standard InChI is InChI=1S/C30H47BN3O13PS2/c1-18(36)34-23-25(38)24(37)21(15-35)46-28(23)42-14-7-6-12-32-29(49)33-13-8-11-20-26(47-48(40,50)41-2)22(45-27(20)31)17-44-30(39)43-16-19-9-4-3-5-10-19/h3-5,9-10,20-28,35,37-38H,6-8,11-17H2,1-2H3,(H,34,36)(H,40,50)(H2,32,33,49)/t20-,21+,22+,23+,24-,25+,26?,27+,28+,48?/m0/s1. The number of ether oxygens (including phenoxy) is 5. The van der Waals surface area contributed by atoms with Gasteiger partial charge in [-0.15, -0.1) is 0 Å². The molecule has 1 aromatic rings. The number of aliphatic hydroxyl groups is 3. The zero-order chi connectivity index (χ0) is 36.7. The Labute approximate surface area is 303 Å². The SMILES string of the molecule is [B][C@@H]1O[C@H](COC(=O)OCc2ccccc2)C(OP(O)(=S)OC)[C@@H]1CCCNC(=S)NCCCCO[C@@H]1O[C@H](CO)[C@H](O)[C@H](O)[C@H]1NC(C)=O. The van der Waals surface area contributed by atoms with E-state index >= 15 is 0 Å². The maximum absolute atomic E-state index is 12.2. The average molecular weight is 764 g/mol. The highest BCUT2D eigenvalue weighted by atomic mass is 32.5. The molecule has 16 nitrogen and oxygen atoms in total. The molecule has 1 aromatic carbocycles. The number of thiocarbonyl (C=S) groups is 1. The molecule has 2 fully saturated rings. The highest BCUT2D eigenvalue weighted by Gasteiger charge is 2.46. The first kappa shape index (κ1) is 42.4. The van der Waals surface area contributed by atoms with E-state index in [9.17, 15) is 29.8 Å². The molecule has 50 heavy (non-hydrogen) atoms. The van der Waals surface area contributed by atoms with E-state index in [1.54, 1.807) is 0 Å². The lowest BCUT2D eigenvalue weighted by atomic mass is 9.82. The first-order valence-electron chi connectivity index (χ1n) is 16.2. The summed E-state index contributed by atoms with van der Waals surface area (Å²) in [6.45, 7) is -1.83. The van der Waals surface area contributed by atoms with Crippen LogP contribution < -0.4 is 16.0 Å². The van der Waals surface area contributed by atoms with Crippen LogP contribution in [0.3, 0.4) is 0 Å². The van der Waals surface area contributed by atoms with Crippen molar-refractivity contribution >= 4 is 55.8 Å². The second-order valence-corrected chi connectivity index (χ2v) is 15.0. The molecule has 2 aliphatic rings. The zero-order valence-corrected chi connectivity index (χ0v) is 30.5. The van der Waals surface area contributed by atoms with Crippen molar-refractivity contribution in [2.45, 2.75) is 88.1 Å². The number of unbranched alkanes of at least 4 members (excludes halogenated alkanes) is 1. The molecule has 2 aliphatic heterocycles. The number of benzene rings is 1. The van der Waals surface area contributed by atoms with Gasteiger partial charge < -0.3 is 68.9 Å². The number of aliphatic hydroxyl groups excluding tert-OH is 3. The van der Waals surface area contributed by atoms with Crippen LogP contribution in [0.5, 0.6) is 0 Å². The van der Waals surface area contributed by atoms with Crippen LogP contribution in [0.15, 0.2) is 30.3 Å². The summed E-state index contributed by atoms with van der Waals surface area (Å²) in [7, 11) is 7.50. The summed E-state index contributed by atoms with van der Waals surface area (Å²) in [5.74, 6) is -0.838. The van der Waals surface area contributed by atoms with Crippen molar-refractivity contribution in [3.05, 3.63) is 35.9 Å². The summed E-state index contributed by atoms with van der Waals surface area (Å²) < 4.78 is 38.2. The molecule has 0 spiro atoms. The van der Waals surface area contributed by atoms with Crippen molar-refractivity contribution in [1.29, 1.82) is 0 Å². The van der Waals surface area contributed by atoms with Crippen LogP contribution in [0, 0.1) is 5.92 Å². The molecule has 0 saturated carbocycles. The quantitative estimate of drug-likeness (QED) is 0.0327. The first-order chi connectivity index (χ1) is 23.8. The van der Waals surface area contributed by atoms with Gasteiger partial charge in [-0.25, -0.2) is 4.79 Å². The van der Waals surface area contributed by atoms with Gasteiger partial charge in [-0.3, -0.25) is 4.79 Å². The molecular weight excluding hydrogens is 716 g/mol. The van der Waals surface area contributed by atoms with Crippen molar-refractivity contribution in [3.63, 3.8) is 0 Å². The number of carbonyl (C=O) groups excluding carboxylic acids is 2. The van der Waals surface area contributed by atoms with E-state index in [-0.39, 0.29) is 19.8 Å². The summed E-state index contributed by atoms with van der Waals surface area (Å²) >= 11 is 10.4. The highest BCUT2D eigenvalue weighted by molar-refractivity contribution is 8.07. The Morgan fingerprint density at radius 1 is 1.02 bits per heavy atom. The van der Waals surface area contributed by atoms with Gasteiger partial charge in [0, 0.05) is 45.7 Å². The topological polar surface area (TPSA) is 216 Å². The predicted octanol–water partition coefficient (Wildman–Crippen LogP) is 0.0826. The minimum Gasteiger partial charge on any atom is -0.431 e. The fraction of sp³-hybridized carbons (Fsp3) is 0.700. The van der Waals surface area contributed by atoms with Crippen molar-refractivity contribution < 1.29 is 62.5 Å². The van der Waals surface area contributed by atoms with Gasteiger partial charge in [0.2, 0.25) is 5.91 Å². The van der Waals surface area contributed by atoms with Crippen molar-refractivity contribution in [3.8, 4) is 0 Å². The fourth-order valence-electron chi connectivity index (χ4n) is 5.40. The molecule has 2 heterocycles. The largest absolute Gasteiger partial charge is 0.508 e. The van der Waals surface area contributed by atoms with E-state index in [0.717, 1.165) is 5.56 Å². The molecule has 280 valence electrons. The molecular formula is C30H47BN3O13PS2. The molecule has 1 amide bonds. The van der Waals surface area contributed by atoms with E-state index < -0.39 is 80.2 Å². The summed E-state index contributed by atoms with van der Waals surface area (Å²) in [6, 6.07) is 7.34. The highest BCUT2D eigenvalue weighted by Crippen LogP contribution is 2.48. The second kappa shape index (κ2) is 21.5. The van der Waals surface area contributed by atoms with E-state index in [0.29, 0.717) is 43.9 Å². The Hall–Kier alpha value is -2.00. The average Bonchev–Trinajstić information content (AvgIpc) is 3.38. The number of carbonyl (C=O) groups is 2. The van der Waals surface area contributed by atoms with Crippen LogP contribution in [0.2, 0.25) is 0 Å². The Morgan fingerprint density at radius 2 is 1.72 bits per heavy atom. The third-order valence-electron chi connectivity index (χ3n) is 7.98. The van der Waals surface area contributed by atoms with Gasteiger partial charge in [0.1, 0.15) is 57.6 Å². The molecule has 3 rings (SSSR count). The van der Waals surface area contributed by atoms with Crippen molar-refractivity contribution in [2.75, 3.05) is 40.0 Å². The summed E-state index contributed by atoms with van der Waals surface area (Å²) in [5.41, 5.74) is 0.798. The number of hydrogen-bond donors (Lipinski definition) is 7. The van der Waals surface area contributed by atoms with E-state index in [4.69, 9.17) is 64.6 Å². The van der Waals surface area contributed by atoms with Crippen LogP contribution in [-0.4, -0.2) is 134 Å². The van der Waals surface area contributed by atoms with Gasteiger partial charge in [-0.1, -0.05) is 30.3 Å². The molecule has 20 heteroatoms. The first-order valence-corrected chi connectivity index (χ1v) is 19.2. The molecule has 2 saturated heterocycles. The van der Waals surface area contributed by atoms with Gasteiger partial charge in [-0.2, -0.15) is 0 Å². The number of nitrogens with one attached hydrogen (secondary N) is 3. The fourth-order valence-corrected chi connectivity index (χ4v) is 6.59. The molecule has 2 unspecified atom stereocenters. The zero-order valence-electron chi connectivity index (χ0n) is 28.0. The molecule has 7 N–H and O–H groups in total. The second-order valence-electron chi connectivity index (χ2n) is 11.7. The minimum atomic E-state index is -3.61. The molecule has 0 aliphatic carbocycles. The lowest BCUT2D eigenvalue weighted by Crippen LogP contribution is -2.64. The van der Waals surface area contributed by atoms with E-state index in [1.165, 1.54) is 14.0 Å². The van der Waals surface area contributed by atoms with Crippen LogP contribution in [0.1, 0.15) is 38.2 Å². The number of rotatable bonds is 19. The number of hydrogen-bond acceptors (Lipinski definition) is 14. The van der Waals surface area contributed by atoms with Gasteiger partial charge >= 0.3 is 12.9 Å². The maximum atomic E-state index is 12.2. The molecule has 2 radical (unpaired) electrons. The Bertz CT molecular complexity index is 1260. The van der Waals surface area contributed by atoms with E-state index in [2.05, 4.69) is 16.0 Å². The molecule has 0 bridgehead atoms. The minimum absolute atomic E-state index is 0.0362. The van der Waals surface area contributed by atoms with Crippen LogP contribution in [0.25, 0.3) is 0 Å². The van der Waals surface area contributed by atoms with Crippen LogP contribution in [-0.2, 0) is 55.9 Å². The Morgan fingerprint density at radius 3 is 2.38 bits per heavy atom. The smallest absolute Gasteiger partial charge is 0.431 e. The van der Waals surface area contributed by atoms with Gasteiger partial charge in [-0.05, 0) is 55.3 Å². The molecule has 10 atom stereocenters. The van der Waals surface area contributed by atoms with Gasteiger partial charge in [0.25, 0.3) is 0 Å². The number of amides is 1. The maximum Gasteiger partial charge on any atom is 0.508 e. The Kier molecular flexibility index (Phi) is 18.2. The Balaban J connectivity index is 1.36. The summed E-state index contributed by atoms with van der Waals surface area (Å²) in [5, 5.41) is 39.1. The molecule has 0 aromatic heterocycles.